The molecule has 3 aromatic rings. The summed E-state index contributed by atoms with van der Waals surface area (Å²) < 4.78 is 0. The van der Waals surface area contributed by atoms with Gasteiger partial charge in [0, 0.05) is 17.3 Å². The molecule has 0 unspecified atom stereocenters. The Morgan fingerprint density at radius 1 is 1.00 bits per heavy atom. The lowest BCUT2D eigenvalue weighted by atomic mass is 10.1. The summed E-state index contributed by atoms with van der Waals surface area (Å²) in [6.07, 6.45) is 1.39. The van der Waals surface area contributed by atoms with Crippen molar-refractivity contribution >= 4 is 28.3 Å². The number of aromatic nitrogens is 1. The summed E-state index contributed by atoms with van der Waals surface area (Å²) in [6.45, 7) is 0. The second-order valence-electron chi connectivity index (χ2n) is 5.05. The van der Waals surface area contributed by atoms with Crippen LogP contribution in [0.25, 0.3) is 10.8 Å². The quantitative estimate of drug-likeness (QED) is 0.776. The summed E-state index contributed by atoms with van der Waals surface area (Å²) >= 11 is 0. The van der Waals surface area contributed by atoms with Gasteiger partial charge in [-0.15, -0.1) is 0 Å². The van der Waals surface area contributed by atoms with E-state index in [2.05, 4.69) is 10.3 Å². The number of nitrogens with zero attached hydrogens (tertiary/aromatic N) is 1. The Morgan fingerprint density at radius 2 is 1.78 bits per heavy atom. The molecule has 0 aliphatic rings. The second-order valence-corrected chi connectivity index (χ2v) is 5.05. The van der Waals surface area contributed by atoms with E-state index < -0.39 is 5.97 Å². The molecule has 0 spiro atoms. The SMILES string of the molecule is O=C(Cc1ncccc1C(=O)O)Nc1cccc2ccccc12. The van der Waals surface area contributed by atoms with E-state index in [4.69, 9.17) is 5.11 Å². The smallest absolute Gasteiger partial charge is 0.337 e. The van der Waals surface area contributed by atoms with Crippen molar-refractivity contribution < 1.29 is 14.7 Å². The molecule has 114 valence electrons. The van der Waals surface area contributed by atoms with Gasteiger partial charge in [-0.2, -0.15) is 0 Å². The average Bonchev–Trinajstić information content (AvgIpc) is 2.55. The lowest BCUT2D eigenvalue weighted by Gasteiger charge is -2.09. The summed E-state index contributed by atoms with van der Waals surface area (Å²) in [4.78, 5) is 27.4. The van der Waals surface area contributed by atoms with Gasteiger partial charge in [0.25, 0.3) is 0 Å². The molecule has 1 amide bonds. The molecule has 5 heteroatoms. The molecule has 2 aromatic carbocycles. The minimum absolute atomic E-state index is 0.0422. The molecule has 1 heterocycles. The van der Waals surface area contributed by atoms with Gasteiger partial charge in [-0.05, 0) is 23.6 Å². The summed E-state index contributed by atoms with van der Waals surface area (Å²) in [6, 6.07) is 16.3. The fourth-order valence-corrected chi connectivity index (χ4v) is 2.45. The van der Waals surface area contributed by atoms with Gasteiger partial charge in [0.15, 0.2) is 0 Å². The van der Waals surface area contributed by atoms with Crippen LogP contribution in [0.2, 0.25) is 0 Å². The molecule has 5 nitrogen and oxygen atoms in total. The van der Waals surface area contributed by atoms with E-state index in [1.807, 2.05) is 42.5 Å². The molecule has 0 saturated heterocycles. The maximum Gasteiger partial charge on any atom is 0.337 e. The number of hydrogen-bond acceptors (Lipinski definition) is 3. The van der Waals surface area contributed by atoms with Gasteiger partial charge in [0.05, 0.1) is 17.7 Å². The highest BCUT2D eigenvalue weighted by Crippen LogP contribution is 2.23. The minimum Gasteiger partial charge on any atom is -0.478 e. The number of pyridine rings is 1. The summed E-state index contributed by atoms with van der Waals surface area (Å²) in [7, 11) is 0. The monoisotopic (exact) mass is 306 g/mol. The van der Waals surface area contributed by atoms with E-state index in [1.54, 1.807) is 0 Å². The molecule has 23 heavy (non-hydrogen) atoms. The molecule has 1 aromatic heterocycles. The molecule has 2 N–H and O–H groups in total. The number of aromatic carboxylic acids is 1. The number of anilines is 1. The third-order valence-corrected chi connectivity index (χ3v) is 3.51. The van der Waals surface area contributed by atoms with Crippen LogP contribution >= 0.6 is 0 Å². The van der Waals surface area contributed by atoms with Crippen LogP contribution in [0.1, 0.15) is 16.1 Å². The van der Waals surface area contributed by atoms with E-state index >= 15 is 0 Å². The van der Waals surface area contributed by atoms with Gasteiger partial charge in [0.1, 0.15) is 0 Å². The fourth-order valence-electron chi connectivity index (χ4n) is 2.45. The summed E-state index contributed by atoms with van der Waals surface area (Å²) in [5, 5.41) is 13.9. The third kappa shape index (κ3) is 3.18. The Labute approximate surface area is 132 Å². The molecule has 0 aliphatic carbocycles. The largest absolute Gasteiger partial charge is 0.478 e. The molecule has 0 fully saturated rings. The highest BCUT2D eigenvalue weighted by Gasteiger charge is 2.14. The molecular formula is C18H14N2O3. The number of carbonyl (C=O) groups excluding carboxylic acids is 1. The summed E-state index contributed by atoms with van der Waals surface area (Å²) in [5.41, 5.74) is 0.985. The zero-order valence-electron chi connectivity index (χ0n) is 12.2. The van der Waals surface area contributed by atoms with Crippen LogP contribution in [0, 0.1) is 0 Å². The van der Waals surface area contributed by atoms with Crippen LogP contribution in [0.5, 0.6) is 0 Å². The first-order valence-corrected chi connectivity index (χ1v) is 7.10. The second kappa shape index (κ2) is 6.27. The highest BCUT2D eigenvalue weighted by molar-refractivity contribution is 6.03. The Balaban J connectivity index is 1.84. The number of nitrogens with one attached hydrogen (secondary N) is 1. The van der Waals surface area contributed by atoms with Crippen molar-refractivity contribution in [1.29, 1.82) is 0 Å². The number of hydrogen-bond donors (Lipinski definition) is 2. The van der Waals surface area contributed by atoms with Gasteiger partial charge in [0.2, 0.25) is 5.91 Å². The molecule has 0 saturated carbocycles. The lowest BCUT2D eigenvalue weighted by Crippen LogP contribution is -2.17. The van der Waals surface area contributed by atoms with E-state index in [1.165, 1.54) is 18.3 Å². The number of rotatable bonds is 4. The predicted octanol–water partition coefficient (Wildman–Crippen LogP) is 3.11. The van der Waals surface area contributed by atoms with Crippen molar-refractivity contribution in [2.75, 3.05) is 5.32 Å². The van der Waals surface area contributed by atoms with Crippen molar-refractivity contribution in [3.8, 4) is 0 Å². The van der Waals surface area contributed by atoms with Crippen LogP contribution in [-0.4, -0.2) is 22.0 Å². The molecule has 3 rings (SSSR count). The Kier molecular flexibility index (Phi) is 4.01. The van der Waals surface area contributed by atoms with Crippen molar-refractivity contribution in [3.63, 3.8) is 0 Å². The standard InChI is InChI=1S/C18H14N2O3/c21-17(11-16-14(18(22)23)8-4-10-19-16)20-15-9-3-6-12-5-1-2-7-13(12)15/h1-10H,11H2,(H,20,21)(H,22,23). The average molecular weight is 306 g/mol. The van der Waals surface area contributed by atoms with Gasteiger partial charge in [-0.25, -0.2) is 4.79 Å². The van der Waals surface area contributed by atoms with E-state index in [0.717, 1.165) is 10.8 Å². The number of amides is 1. The topological polar surface area (TPSA) is 79.3 Å². The zero-order chi connectivity index (χ0) is 16.2. The number of carbonyl (C=O) groups is 2. The Bertz CT molecular complexity index is 885. The number of carboxylic acids is 1. The lowest BCUT2D eigenvalue weighted by molar-refractivity contribution is -0.115. The first-order valence-electron chi connectivity index (χ1n) is 7.10. The van der Waals surface area contributed by atoms with Gasteiger partial charge in [-0.3, -0.25) is 9.78 Å². The zero-order valence-corrected chi connectivity index (χ0v) is 12.2. The van der Waals surface area contributed by atoms with Crippen molar-refractivity contribution in [3.05, 3.63) is 72.1 Å². The maximum atomic E-state index is 12.3. The van der Waals surface area contributed by atoms with Crippen LogP contribution < -0.4 is 5.32 Å². The van der Waals surface area contributed by atoms with Crippen LogP contribution in [0.4, 0.5) is 5.69 Å². The predicted molar refractivity (Wildman–Crippen MR) is 87.5 cm³/mol. The first-order chi connectivity index (χ1) is 11.1. The highest BCUT2D eigenvalue weighted by atomic mass is 16.4. The normalized spacial score (nSPS) is 10.4. The molecule has 0 aliphatic heterocycles. The Morgan fingerprint density at radius 3 is 2.61 bits per heavy atom. The minimum atomic E-state index is -1.09. The van der Waals surface area contributed by atoms with Crippen molar-refractivity contribution in [2.24, 2.45) is 0 Å². The summed E-state index contributed by atoms with van der Waals surface area (Å²) in [5.74, 6) is -1.39. The Hall–Kier alpha value is -3.21. The van der Waals surface area contributed by atoms with Crippen LogP contribution in [-0.2, 0) is 11.2 Å². The number of fused-ring (bicyclic) bond motifs is 1. The van der Waals surface area contributed by atoms with Crippen LogP contribution in [0.15, 0.2) is 60.8 Å². The first kappa shape index (κ1) is 14.7. The molecular weight excluding hydrogens is 292 g/mol. The van der Waals surface area contributed by atoms with Crippen molar-refractivity contribution in [1.82, 2.24) is 4.98 Å². The van der Waals surface area contributed by atoms with Gasteiger partial charge >= 0.3 is 5.97 Å². The van der Waals surface area contributed by atoms with Crippen LogP contribution in [0.3, 0.4) is 0 Å². The number of carboxylic acid groups (broad SMARTS) is 1. The number of benzene rings is 2. The van der Waals surface area contributed by atoms with Gasteiger partial charge in [-0.1, -0.05) is 36.4 Å². The third-order valence-electron chi connectivity index (χ3n) is 3.51. The van der Waals surface area contributed by atoms with Crippen molar-refractivity contribution in [2.45, 2.75) is 6.42 Å². The molecule has 0 bridgehead atoms. The fraction of sp³-hybridized carbons (Fsp3) is 0.0556. The van der Waals surface area contributed by atoms with E-state index in [-0.39, 0.29) is 23.6 Å². The van der Waals surface area contributed by atoms with E-state index in [9.17, 15) is 9.59 Å². The van der Waals surface area contributed by atoms with Gasteiger partial charge < -0.3 is 10.4 Å². The molecule has 0 radical (unpaired) electrons. The maximum absolute atomic E-state index is 12.3. The van der Waals surface area contributed by atoms with E-state index in [0.29, 0.717) is 5.69 Å². The molecule has 0 atom stereocenters.